The van der Waals surface area contributed by atoms with Crippen LogP contribution in [0.5, 0.6) is 0 Å². The number of benzene rings is 1. The van der Waals surface area contributed by atoms with Crippen molar-refractivity contribution in [3.05, 3.63) is 34.6 Å². The van der Waals surface area contributed by atoms with Crippen molar-refractivity contribution in [3.63, 3.8) is 0 Å². The fraction of sp³-hybridized carbons (Fsp3) is 0.400. The molecule has 0 aliphatic heterocycles. The maximum Gasteiger partial charge on any atom is 0.370 e. The van der Waals surface area contributed by atoms with E-state index < -0.39 is 33.8 Å². The number of aliphatic hydroxyl groups excluding tert-OH is 1. The molecular weight excluding hydrogens is 257 g/mol. The SMILES string of the molecule is O=S(O)C(F)(F)c1ccc(F)c2c1[C@H](O)CC2. The van der Waals surface area contributed by atoms with Crippen molar-refractivity contribution in [2.45, 2.75) is 24.2 Å². The molecule has 3 nitrogen and oxygen atoms in total. The Balaban J connectivity index is 2.65. The van der Waals surface area contributed by atoms with Gasteiger partial charge in [-0.15, -0.1) is 0 Å². The largest absolute Gasteiger partial charge is 0.388 e. The van der Waals surface area contributed by atoms with Gasteiger partial charge in [0.25, 0.3) is 0 Å². The van der Waals surface area contributed by atoms with Crippen LogP contribution >= 0.6 is 0 Å². The van der Waals surface area contributed by atoms with Gasteiger partial charge in [-0.2, -0.15) is 8.78 Å². The first kappa shape index (κ1) is 12.5. The van der Waals surface area contributed by atoms with Crippen LogP contribution in [0.15, 0.2) is 12.1 Å². The molecular formula is C10H9F3O3S. The zero-order valence-electron chi connectivity index (χ0n) is 8.49. The molecule has 2 rings (SSSR count). The van der Waals surface area contributed by atoms with Gasteiger partial charge in [-0.05, 0) is 36.1 Å². The molecule has 0 aromatic heterocycles. The molecule has 0 spiro atoms. The lowest BCUT2D eigenvalue weighted by Gasteiger charge is -2.18. The second-order valence-corrected chi connectivity index (χ2v) is 4.82. The van der Waals surface area contributed by atoms with Gasteiger partial charge >= 0.3 is 5.25 Å². The van der Waals surface area contributed by atoms with Gasteiger partial charge in [0.15, 0.2) is 0 Å². The van der Waals surface area contributed by atoms with Crippen LogP contribution in [0, 0.1) is 5.82 Å². The van der Waals surface area contributed by atoms with Gasteiger partial charge in [-0.25, -0.2) is 8.60 Å². The lowest BCUT2D eigenvalue weighted by Crippen LogP contribution is -2.22. The minimum absolute atomic E-state index is 0.000116. The number of fused-ring (bicyclic) bond motifs is 1. The Morgan fingerprint density at radius 2 is 2.06 bits per heavy atom. The summed E-state index contributed by atoms with van der Waals surface area (Å²) in [4.78, 5) is 0. The summed E-state index contributed by atoms with van der Waals surface area (Å²) in [6.07, 6.45) is -0.938. The van der Waals surface area contributed by atoms with E-state index in [1.807, 2.05) is 0 Å². The third kappa shape index (κ3) is 1.88. The van der Waals surface area contributed by atoms with Crippen LogP contribution in [0.25, 0.3) is 0 Å². The average Bonchev–Trinajstić information content (AvgIpc) is 2.62. The van der Waals surface area contributed by atoms with Gasteiger partial charge in [-0.1, -0.05) is 0 Å². The predicted octanol–water partition coefficient (Wildman–Crippen LogP) is 2.08. The number of hydrogen-bond acceptors (Lipinski definition) is 2. The molecule has 1 aliphatic rings. The summed E-state index contributed by atoms with van der Waals surface area (Å²) in [5.41, 5.74) is -1.03. The Hall–Kier alpha value is -0.920. The summed E-state index contributed by atoms with van der Waals surface area (Å²) in [5.74, 6) is -0.681. The van der Waals surface area contributed by atoms with E-state index in [-0.39, 0.29) is 24.0 Å². The van der Waals surface area contributed by atoms with Crippen molar-refractivity contribution >= 4 is 11.1 Å². The summed E-state index contributed by atoms with van der Waals surface area (Å²) in [6.45, 7) is 0. The van der Waals surface area contributed by atoms with Crippen LogP contribution in [0.2, 0.25) is 0 Å². The Kier molecular flexibility index (Phi) is 3.01. The Labute approximate surface area is 97.6 Å². The first-order chi connectivity index (χ1) is 7.85. The lowest BCUT2D eigenvalue weighted by molar-refractivity contribution is 0.0828. The van der Waals surface area contributed by atoms with Crippen LogP contribution in [-0.4, -0.2) is 13.9 Å². The smallest absolute Gasteiger partial charge is 0.370 e. The maximum atomic E-state index is 13.5. The summed E-state index contributed by atoms with van der Waals surface area (Å²) in [7, 11) is 0. The summed E-state index contributed by atoms with van der Waals surface area (Å²) >= 11 is -3.41. The number of alkyl halides is 2. The number of hydrogen-bond donors (Lipinski definition) is 2. The van der Waals surface area contributed by atoms with Gasteiger partial charge < -0.3 is 9.66 Å². The van der Waals surface area contributed by atoms with Gasteiger partial charge in [0, 0.05) is 5.56 Å². The second kappa shape index (κ2) is 4.08. The second-order valence-electron chi connectivity index (χ2n) is 3.81. The molecule has 1 unspecified atom stereocenters. The first-order valence-electron chi connectivity index (χ1n) is 4.84. The Morgan fingerprint density at radius 3 is 2.65 bits per heavy atom. The standard InChI is InChI=1S/C10H9F3O3S/c11-7-3-2-6(10(12,13)17(15)16)9-5(7)1-4-8(9)14/h2-3,8,14H,1,4H2,(H,15,16)/t8-/m1/s1. The molecule has 0 amide bonds. The van der Waals surface area contributed by atoms with Crippen LogP contribution in [0.4, 0.5) is 13.2 Å². The third-order valence-corrected chi connectivity index (χ3v) is 3.49. The fourth-order valence-corrected chi connectivity index (χ4v) is 2.41. The quantitative estimate of drug-likeness (QED) is 0.806. The predicted molar refractivity (Wildman–Crippen MR) is 54.3 cm³/mol. The molecule has 0 fully saturated rings. The highest BCUT2D eigenvalue weighted by atomic mass is 32.2. The van der Waals surface area contributed by atoms with Gasteiger partial charge in [-0.3, -0.25) is 0 Å². The maximum absolute atomic E-state index is 13.5. The molecule has 1 aliphatic carbocycles. The lowest BCUT2D eigenvalue weighted by atomic mass is 10.0. The topological polar surface area (TPSA) is 57.5 Å². The number of aliphatic hydroxyl groups is 1. The molecule has 0 heterocycles. The monoisotopic (exact) mass is 266 g/mol. The highest BCUT2D eigenvalue weighted by Crippen LogP contribution is 2.42. The van der Waals surface area contributed by atoms with E-state index in [9.17, 15) is 22.5 Å². The van der Waals surface area contributed by atoms with Crippen LogP contribution in [-0.2, 0) is 22.8 Å². The van der Waals surface area contributed by atoms with Crippen molar-refractivity contribution in [2.75, 3.05) is 0 Å². The third-order valence-electron chi connectivity index (χ3n) is 2.83. The van der Waals surface area contributed by atoms with E-state index in [0.29, 0.717) is 0 Å². The van der Waals surface area contributed by atoms with Gasteiger partial charge in [0.05, 0.1) is 6.10 Å². The van der Waals surface area contributed by atoms with E-state index >= 15 is 0 Å². The van der Waals surface area contributed by atoms with Crippen molar-refractivity contribution in [2.24, 2.45) is 0 Å². The van der Waals surface area contributed by atoms with Gasteiger partial charge in [0.2, 0.25) is 11.1 Å². The molecule has 2 N–H and O–H groups in total. The highest BCUT2D eigenvalue weighted by molar-refractivity contribution is 7.79. The Morgan fingerprint density at radius 1 is 1.41 bits per heavy atom. The number of halogens is 3. The molecule has 0 radical (unpaired) electrons. The van der Waals surface area contributed by atoms with E-state index in [1.165, 1.54) is 0 Å². The van der Waals surface area contributed by atoms with Crippen molar-refractivity contribution in [1.29, 1.82) is 0 Å². The van der Waals surface area contributed by atoms with Crippen molar-refractivity contribution in [3.8, 4) is 0 Å². The fourth-order valence-electron chi connectivity index (χ4n) is 2.05. The van der Waals surface area contributed by atoms with Crippen LogP contribution in [0.3, 0.4) is 0 Å². The van der Waals surface area contributed by atoms with E-state index in [0.717, 1.165) is 12.1 Å². The summed E-state index contributed by atoms with van der Waals surface area (Å²) < 4.78 is 59.4. The van der Waals surface area contributed by atoms with Crippen molar-refractivity contribution < 1.29 is 27.0 Å². The molecule has 2 atom stereocenters. The number of rotatable bonds is 2. The first-order valence-corrected chi connectivity index (χ1v) is 5.95. The minimum atomic E-state index is -4.01. The normalized spacial score (nSPS) is 21.4. The molecule has 0 saturated carbocycles. The van der Waals surface area contributed by atoms with Crippen molar-refractivity contribution in [1.82, 2.24) is 0 Å². The van der Waals surface area contributed by atoms with Gasteiger partial charge in [0.1, 0.15) is 5.82 Å². The molecule has 1 aromatic carbocycles. The average molecular weight is 266 g/mol. The summed E-state index contributed by atoms with van der Waals surface area (Å²) in [5, 5.41) is 5.54. The van der Waals surface area contributed by atoms with Crippen LogP contribution in [0.1, 0.15) is 29.2 Å². The molecule has 17 heavy (non-hydrogen) atoms. The summed E-state index contributed by atoms with van der Waals surface area (Å²) in [6, 6.07) is 1.57. The van der Waals surface area contributed by atoms with E-state index in [4.69, 9.17) is 4.55 Å². The zero-order chi connectivity index (χ0) is 12.8. The molecule has 0 bridgehead atoms. The molecule has 0 saturated heterocycles. The highest BCUT2D eigenvalue weighted by Gasteiger charge is 2.44. The van der Waals surface area contributed by atoms with E-state index in [1.54, 1.807) is 0 Å². The Bertz CT molecular complexity index is 490. The van der Waals surface area contributed by atoms with Crippen LogP contribution < -0.4 is 0 Å². The molecule has 94 valence electrons. The van der Waals surface area contributed by atoms with E-state index in [2.05, 4.69) is 0 Å². The minimum Gasteiger partial charge on any atom is -0.388 e. The molecule has 1 aromatic rings. The zero-order valence-corrected chi connectivity index (χ0v) is 9.31. The molecule has 7 heteroatoms.